The third-order valence-electron chi connectivity index (χ3n) is 4.46. The van der Waals surface area contributed by atoms with E-state index in [-0.39, 0.29) is 23.6 Å². The van der Waals surface area contributed by atoms with Gasteiger partial charge in [-0.25, -0.2) is 9.67 Å². The molecule has 2 heterocycles. The number of halogens is 3. The van der Waals surface area contributed by atoms with Gasteiger partial charge >= 0.3 is 6.18 Å². The molecule has 0 spiro atoms. The number of anilines is 1. The number of benzene rings is 1. The number of carbonyl (C=O) groups is 1. The van der Waals surface area contributed by atoms with Crippen LogP contribution in [0, 0.1) is 6.92 Å². The Bertz CT molecular complexity index is 1090. The van der Waals surface area contributed by atoms with E-state index in [1.807, 2.05) is 18.2 Å². The van der Waals surface area contributed by atoms with Crippen molar-refractivity contribution in [2.45, 2.75) is 24.5 Å². The lowest BCUT2D eigenvalue weighted by Gasteiger charge is -2.07. The zero-order chi connectivity index (χ0) is 21.9. The van der Waals surface area contributed by atoms with E-state index in [4.69, 9.17) is 0 Å². The minimum Gasteiger partial charge on any atom is -0.320 e. The van der Waals surface area contributed by atoms with E-state index >= 15 is 0 Å². The molecular formula is C20H19F3N4O2S. The fourth-order valence-corrected chi connectivity index (χ4v) is 3.58. The zero-order valence-corrected chi connectivity index (χ0v) is 17.0. The molecule has 0 aliphatic carbocycles. The second kappa shape index (κ2) is 8.78. The van der Waals surface area contributed by atoms with E-state index < -0.39 is 11.7 Å². The number of para-hydroxylation sites is 1. The molecule has 1 aromatic carbocycles. The topological polar surface area (TPSA) is 68.9 Å². The Balaban J connectivity index is 1.62. The summed E-state index contributed by atoms with van der Waals surface area (Å²) < 4.78 is 40.8. The van der Waals surface area contributed by atoms with Crippen LogP contribution in [0.2, 0.25) is 0 Å². The van der Waals surface area contributed by atoms with Gasteiger partial charge in [-0.1, -0.05) is 18.2 Å². The number of hydrogen-bond donors (Lipinski definition) is 1. The number of nitrogens with one attached hydrogen (secondary N) is 1. The van der Waals surface area contributed by atoms with Gasteiger partial charge in [0, 0.05) is 25.4 Å². The Morgan fingerprint density at radius 2 is 1.87 bits per heavy atom. The van der Waals surface area contributed by atoms with Crippen molar-refractivity contribution < 1.29 is 18.0 Å². The highest BCUT2D eigenvalue weighted by Crippen LogP contribution is 2.29. The summed E-state index contributed by atoms with van der Waals surface area (Å²) in [5, 5.41) is 3.04. The van der Waals surface area contributed by atoms with E-state index in [0.29, 0.717) is 22.2 Å². The molecule has 0 unspecified atom stereocenters. The summed E-state index contributed by atoms with van der Waals surface area (Å²) in [5.74, 6) is -0.0522. The van der Waals surface area contributed by atoms with Crippen LogP contribution in [0.3, 0.4) is 0 Å². The molecule has 10 heteroatoms. The Morgan fingerprint density at radius 3 is 2.47 bits per heavy atom. The standard InChI is InChI=1S/C20H19F3N4O2S/c1-13-18(19(29)27(26(13)2)15-6-4-3-5-7-15)25-16(28)10-11-30-17-9-8-14(12-24-17)20(21,22)23/h3-9,12H,10-11H2,1-2H3,(H,25,28). The van der Waals surface area contributed by atoms with Crippen LogP contribution in [0.25, 0.3) is 5.69 Å². The molecule has 0 saturated carbocycles. The lowest BCUT2D eigenvalue weighted by Crippen LogP contribution is -2.23. The summed E-state index contributed by atoms with van der Waals surface area (Å²) in [6.45, 7) is 1.73. The van der Waals surface area contributed by atoms with E-state index in [1.165, 1.54) is 10.7 Å². The molecule has 0 fully saturated rings. The number of aromatic nitrogens is 3. The highest BCUT2D eigenvalue weighted by Gasteiger charge is 2.30. The van der Waals surface area contributed by atoms with Crippen LogP contribution in [-0.4, -0.2) is 26.0 Å². The summed E-state index contributed by atoms with van der Waals surface area (Å²) in [7, 11) is 1.73. The highest BCUT2D eigenvalue weighted by molar-refractivity contribution is 7.99. The molecule has 0 aliphatic heterocycles. The van der Waals surface area contributed by atoms with Crippen LogP contribution < -0.4 is 10.9 Å². The molecule has 0 aliphatic rings. The predicted molar refractivity (Wildman–Crippen MR) is 109 cm³/mol. The quantitative estimate of drug-likeness (QED) is 0.593. The molecule has 1 N–H and O–H groups in total. The first-order valence-corrected chi connectivity index (χ1v) is 9.97. The molecule has 0 bridgehead atoms. The van der Waals surface area contributed by atoms with Gasteiger partial charge in [0.25, 0.3) is 5.56 Å². The highest BCUT2D eigenvalue weighted by atomic mass is 32.2. The fourth-order valence-electron chi connectivity index (χ4n) is 2.80. The van der Waals surface area contributed by atoms with Gasteiger partial charge in [-0.05, 0) is 31.2 Å². The maximum absolute atomic E-state index is 12.8. The monoisotopic (exact) mass is 436 g/mol. The minimum absolute atomic E-state index is 0.0759. The van der Waals surface area contributed by atoms with Crippen molar-refractivity contribution in [1.29, 1.82) is 0 Å². The molecule has 2 aromatic heterocycles. The number of pyridine rings is 1. The average Bonchev–Trinajstić information content (AvgIpc) is 2.91. The Labute approximate surface area is 174 Å². The third kappa shape index (κ3) is 4.76. The molecule has 3 rings (SSSR count). The summed E-state index contributed by atoms with van der Waals surface area (Å²) in [4.78, 5) is 28.8. The second-order valence-electron chi connectivity index (χ2n) is 6.47. The number of hydrogen-bond acceptors (Lipinski definition) is 4. The Hall–Kier alpha value is -3.01. The molecule has 6 nitrogen and oxygen atoms in total. The first-order chi connectivity index (χ1) is 14.2. The summed E-state index contributed by atoms with van der Waals surface area (Å²) in [5.41, 5.74) is 0.321. The molecule has 1 amide bonds. The molecule has 0 atom stereocenters. The molecule has 30 heavy (non-hydrogen) atoms. The van der Waals surface area contributed by atoms with Gasteiger partial charge in [0.1, 0.15) is 5.69 Å². The van der Waals surface area contributed by atoms with Gasteiger partial charge in [0.05, 0.1) is 22.0 Å². The van der Waals surface area contributed by atoms with Gasteiger partial charge in [-0.15, -0.1) is 11.8 Å². The lowest BCUT2D eigenvalue weighted by atomic mass is 10.3. The lowest BCUT2D eigenvalue weighted by molar-refractivity contribution is -0.137. The SMILES string of the molecule is Cc1c(NC(=O)CCSc2ccc(C(F)(F)F)cn2)c(=O)n(-c2ccccc2)n1C. The predicted octanol–water partition coefficient (Wildman–Crippen LogP) is 4.02. The van der Waals surface area contributed by atoms with E-state index in [2.05, 4.69) is 10.3 Å². The van der Waals surface area contributed by atoms with Gasteiger partial charge < -0.3 is 5.32 Å². The minimum atomic E-state index is -4.43. The first kappa shape index (κ1) is 21.7. The Morgan fingerprint density at radius 1 is 1.17 bits per heavy atom. The van der Waals surface area contributed by atoms with Crippen LogP contribution in [0.5, 0.6) is 0 Å². The van der Waals surface area contributed by atoms with Crippen LogP contribution in [0.4, 0.5) is 18.9 Å². The first-order valence-electron chi connectivity index (χ1n) is 8.98. The van der Waals surface area contributed by atoms with Gasteiger partial charge in [0.2, 0.25) is 5.91 Å². The van der Waals surface area contributed by atoms with E-state index in [1.54, 1.807) is 30.8 Å². The van der Waals surface area contributed by atoms with Crippen molar-refractivity contribution in [3.05, 3.63) is 70.3 Å². The third-order valence-corrected chi connectivity index (χ3v) is 5.41. The maximum atomic E-state index is 12.8. The number of carbonyl (C=O) groups excluding carboxylic acids is 1. The Kier molecular flexibility index (Phi) is 6.35. The van der Waals surface area contributed by atoms with Crippen molar-refractivity contribution >= 4 is 23.4 Å². The summed E-state index contributed by atoms with van der Waals surface area (Å²) >= 11 is 1.16. The summed E-state index contributed by atoms with van der Waals surface area (Å²) in [6, 6.07) is 11.3. The average molecular weight is 436 g/mol. The van der Waals surface area contributed by atoms with Crippen molar-refractivity contribution in [2.24, 2.45) is 7.05 Å². The zero-order valence-electron chi connectivity index (χ0n) is 16.2. The molecule has 0 saturated heterocycles. The second-order valence-corrected chi connectivity index (χ2v) is 7.58. The largest absolute Gasteiger partial charge is 0.417 e. The molecule has 3 aromatic rings. The van der Waals surface area contributed by atoms with Crippen molar-refractivity contribution in [3.8, 4) is 5.69 Å². The van der Waals surface area contributed by atoms with Crippen LogP contribution in [0.1, 0.15) is 17.7 Å². The number of thioether (sulfide) groups is 1. The summed E-state index contributed by atoms with van der Waals surface area (Å²) in [6.07, 6.45) is -3.59. The normalized spacial score (nSPS) is 11.5. The number of rotatable bonds is 6. The number of nitrogens with zero attached hydrogens (tertiary/aromatic N) is 3. The fraction of sp³-hybridized carbons (Fsp3) is 0.250. The van der Waals surface area contributed by atoms with Crippen molar-refractivity contribution in [3.63, 3.8) is 0 Å². The van der Waals surface area contributed by atoms with Crippen LogP contribution in [0.15, 0.2) is 58.5 Å². The molecule has 158 valence electrons. The maximum Gasteiger partial charge on any atom is 0.417 e. The van der Waals surface area contributed by atoms with Crippen LogP contribution in [-0.2, 0) is 18.0 Å². The molecule has 0 radical (unpaired) electrons. The number of alkyl halides is 3. The van der Waals surface area contributed by atoms with Crippen molar-refractivity contribution in [2.75, 3.05) is 11.1 Å². The van der Waals surface area contributed by atoms with E-state index in [9.17, 15) is 22.8 Å². The van der Waals surface area contributed by atoms with Gasteiger partial charge in [-0.3, -0.25) is 14.3 Å². The smallest absolute Gasteiger partial charge is 0.320 e. The van der Waals surface area contributed by atoms with Gasteiger partial charge in [0.15, 0.2) is 0 Å². The number of amides is 1. The molecular weight excluding hydrogens is 417 g/mol. The van der Waals surface area contributed by atoms with E-state index in [0.717, 1.165) is 24.0 Å². The van der Waals surface area contributed by atoms with Crippen molar-refractivity contribution in [1.82, 2.24) is 14.3 Å². The van der Waals surface area contributed by atoms with Gasteiger partial charge in [-0.2, -0.15) is 13.2 Å². The van der Waals surface area contributed by atoms with Crippen LogP contribution >= 0.6 is 11.8 Å².